The molecule has 0 rings (SSSR count). The van der Waals surface area contributed by atoms with E-state index in [0.29, 0.717) is 0 Å². The molecule has 2 amide bonds. The molecule has 0 unspecified atom stereocenters. The number of hydrogen-bond acceptors (Lipinski definition) is 3. The Balaban J connectivity index is 3.64. The van der Waals surface area contributed by atoms with Crippen molar-refractivity contribution in [2.45, 2.75) is 20.3 Å². The third-order valence-corrected chi connectivity index (χ3v) is 1.59. The molecule has 0 aliphatic carbocycles. The first kappa shape index (κ1) is 13.4. The van der Waals surface area contributed by atoms with Crippen LogP contribution in [0.5, 0.6) is 0 Å². The van der Waals surface area contributed by atoms with Gasteiger partial charge in [-0.3, -0.25) is 0 Å². The van der Waals surface area contributed by atoms with Crippen molar-refractivity contribution >= 4 is 17.7 Å². The van der Waals surface area contributed by atoms with E-state index < -0.39 is 12.0 Å². The molecule has 0 aromatic carbocycles. The van der Waals surface area contributed by atoms with Gasteiger partial charge in [-0.25, -0.2) is 14.6 Å². The van der Waals surface area contributed by atoms with Gasteiger partial charge in [0.05, 0.1) is 6.54 Å². The van der Waals surface area contributed by atoms with E-state index in [9.17, 15) is 9.59 Å². The molecule has 0 saturated carbocycles. The maximum Gasteiger partial charge on any atom is 0.340 e. The smallest absolute Gasteiger partial charge is 0.340 e. The molecule has 0 heterocycles. The average Bonchev–Trinajstić information content (AvgIpc) is 2.23. The number of carbonyl (C=O) groups is 2. The number of rotatable bonds is 5. The monoisotopic (exact) mass is 212 g/mol. The predicted octanol–water partition coefficient (Wildman–Crippen LogP) is 1.30. The highest BCUT2D eigenvalue weighted by atomic mass is 16.5. The van der Waals surface area contributed by atoms with E-state index in [1.165, 1.54) is 0 Å². The summed E-state index contributed by atoms with van der Waals surface area (Å²) >= 11 is 0. The minimum Gasteiger partial charge on any atom is -0.461 e. The molecule has 15 heavy (non-hydrogen) atoms. The van der Waals surface area contributed by atoms with Gasteiger partial charge in [0.1, 0.15) is 6.61 Å². The number of nitrogens with one attached hydrogen (secondary N) is 1. The number of hydrogen-bond donors (Lipinski definition) is 1. The van der Waals surface area contributed by atoms with Crippen molar-refractivity contribution in [1.29, 1.82) is 0 Å². The maximum absolute atomic E-state index is 11.1. The molecule has 0 saturated heterocycles. The van der Waals surface area contributed by atoms with E-state index in [0.717, 1.165) is 18.2 Å². The molecule has 0 aliphatic heterocycles. The lowest BCUT2D eigenvalue weighted by Gasteiger charge is -2.02. The Morgan fingerprint density at radius 2 is 2.20 bits per heavy atom. The van der Waals surface area contributed by atoms with Gasteiger partial charge >= 0.3 is 12.0 Å². The van der Waals surface area contributed by atoms with Crippen LogP contribution in [-0.2, 0) is 9.53 Å². The van der Waals surface area contributed by atoms with Crippen molar-refractivity contribution in [2.24, 2.45) is 4.99 Å². The largest absolute Gasteiger partial charge is 0.461 e. The zero-order valence-corrected chi connectivity index (χ0v) is 9.08. The number of esters is 1. The van der Waals surface area contributed by atoms with Gasteiger partial charge in [-0.15, -0.1) is 0 Å². The summed E-state index contributed by atoms with van der Waals surface area (Å²) in [5.41, 5.74) is 0.760. The topological polar surface area (TPSA) is 67.8 Å². The number of urea groups is 1. The lowest BCUT2D eigenvalue weighted by Crippen LogP contribution is -2.25. The normalized spacial score (nSPS) is 10.7. The summed E-state index contributed by atoms with van der Waals surface area (Å²) in [5, 5.41) is 2.49. The van der Waals surface area contributed by atoms with Crippen molar-refractivity contribution < 1.29 is 14.3 Å². The molecule has 5 nitrogen and oxygen atoms in total. The molecule has 0 aromatic heterocycles. The molecule has 0 fully saturated rings. The van der Waals surface area contributed by atoms with Gasteiger partial charge in [0.15, 0.2) is 0 Å². The first-order valence-electron chi connectivity index (χ1n) is 4.71. The van der Waals surface area contributed by atoms with Crippen molar-refractivity contribution in [2.75, 3.05) is 13.2 Å². The summed E-state index contributed by atoms with van der Waals surface area (Å²) in [6, 6.07) is -0.413. The molecule has 0 atom stereocenters. The summed E-state index contributed by atoms with van der Waals surface area (Å²) in [6.45, 7) is 7.30. The van der Waals surface area contributed by atoms with Crippen LogP contribution in [0.3, 0.4) is 0 Å². The van der Waals surface area contributed by atoms with E-state index in [4.69, 9.17) is 0 Å². The minimum atomic E-state index is -0.502. The highest BCUT2D eigenvalue weighted by Crippen LogP contribution is 1.85. The fourth-order valence-corrected chi connectivity index (χ4v) is 0.660. The Hall–Kier alpha value is -1.65. The zero-order valence-electron chi connectivity index (χ0n) is 9.08. The second-order valence-electron chi connectivity index (χ2n) is 2.80. The molecule has 0 aromatic rings. The van der Waals surface area contributed by atoms with Crippen LogP contribution in [0.1, 0.15) is 20.3 Å². The van der Waals surface area contributed by atoms with E-state index in [1.54, 1.807) is 6.92 Å². The fourth-order valence-electron chi connectivity index (χ4n) is 0.660. The van der Waals surface area contributed by atoms with Gasteiger partial charge < -0.3 is 10.1 Å². The van der Waals surface area contributed by atoms with Gasteiger partial charge in [0.25, 0.3) is 0 Å². The zero-order chi connectivity index (χ0) is 11.7. The van der Waals surface area contributed by atoms with Gasteiger partial charge in [0, 0.05) is 11.8 Å². The summed E-state index contributed by atoms with van der Waals surface area (Å²) in [4.78, 5) is 25.4. The predicted molar refractivity (Wildman–Crippen MR) is 58.0 cm³/mol. The van der Waals surface area contributed by atoms with Crippen LogP contribution in [0.4, 0.5) is 4.79 Å². The highest BCUT2D eigenvalue weighted by Gasteiger charge is 1.99. The van der Waals surface area contributed by atoms with Crippen molar-refractivity contribution in [1.82, 2.24) is 5.32 Å². The number of carbonyl (C=O) groups excluding carboxylic acids is 2. The second kappa shape index (κ2) is 7.73. The summed E-state index contributed by atoms with van der Waals surface area (Å²) in [6.07, 6.45) is 1.81. The Kier molecular flexibility index (Phi) is 6.88. The van der Waals surface area contributed by atoms with Crippen LogP contribution in [-0.4, -0.2) is 30.9 Å². The van der Waals surface area contributed by atoms with Crippen LogP contribution >= 0.6 is 0 Å². The van der Waals surface area contributed by atoms with E-state index in [2.05, 4.69) is 21.6 Å². The lowest BCUT2D eigenvalue weighted by molar-refractivity contribution is -0.137. The number of ether oxygens (including phenoxy) is 1. The third kappa shape index (κ3) is 7.42. The SMILES string of the molecule is C=CC(=O)OCCNC(=O)N=C(C)CC. The molecule has 84 valence electrons. The second-order valence-corrected chi connectivity index (χ2v) is 2.80. The fraction of sp³-hybridized carbons (Fsp3) is 0.500. The highest BCUT2D eigenvalue weighted by molar-refractivity contribution is 5.93. The molecule has 0 spiro atoms. The first-order chi connectivity index (χ1) is 7.10. The molecule has 0 aliphatic rings. The van der Waals surface area contributed by atoms with Gasteiger partial charge in [-0.05, 0) is 13.3 Å². The van der Waals surface area contributed by atoms with Crippen LogP contribution in [0.2, 0.25) is 0 Å². The molecular weight excluding hydrogens is 196 g/mol. The van der Waals surface area contributed by atoms with Crippen molar-refractivity contribution in [3.8, 4) is 0 Å². The molecule has 5 heteroatoms. The summed E-state index contributed by atoms with van der Waals surface area (Å²) in [7, 11) is 0. The van der Waals surface area contributed by atoms with Crippen LogP contribution in [0.15, 0.2) is 17.6 Å². The summed E-state index contributed by atoms with van der Waals surface area (Å²) < 4.78 is 4.65. The number of amides is 2. The van der Waals surface area contributed by atoms with E-state index in [-0.39, 0.29) is 13.2 Å². The van der Waals surface area contributed by atoms with Crippen molar-refractivity contribution in [3.05, 3.63) is 12.7 Å². The Labute approximate surface area is 89.2 Å². The molecular formula is C10H16N2O3. The number of nitrogens with zero attached hydrogens (tertiary/aromatic N) is 1. The van der Waals surface area contributed by atoms with Gasteiger partial charge in [-0.2, -0.15) is 0 Å². The Morgan fingerprint density at radius 3 is 2.73 bits per heavy atom. The summed E-state index contributed by atoms with van der Waals surface area (Å²) in [5.74, 6) is -0.502. The number of aliphatic imine (C=N–C) groups is 1. The minimum absolute atomic E-state index is 0.122. The van der Waals surface area contributed by atoms with Crippen LogP contribution in [0, 0.1) is 0 Å². The quantitative estimate of drug-likeness (QED) is 0.323. The third-order valence-electron chi connectivity index (χ3n) is 1.59. The Bertz CT molecular complexity index is 272. The average molecular weight is 212 g/mol. The first-order valence-corrected chi connectivity index (χ1v) is 4.71. The Morgan fingerprint density at radius 1 is 1.53 bits per heavy atom. The van der Waals surface area contributed by atoms with Crippen LogP contribution in [0.25, 0.3) is 0 Å². The van der Waals surface area contributed by atoms with Gasteiger partial charge in [0.2, 0.25) is 0 Å². The van der Waals surface area contributed by atoms with Crippen molar-refractivity contribution in [3.63, 3.8) is 0 Å². The van der Waals surface area contributed by atoms with E-state index >= 15 is 0 Å². The molecule has 0 bridgehead atoms. The van der Waals surface area contributed by atoms with Crippen LogP contribution < -0.4 is 5.32 Å². The lowest BCUT2D eigenvalue weighted by atomic mass is 10.3. The standard InChI is InChI=1S/C10H16N2O3/c1-4-8(3)12-10(14)11-6-7-15-9(13)5-2/h5H,2,4,6-7H2,1,3H3,(H,11,14). The maximum atomic E-state index is 11.1. The van der Waals surface area contributed by atoms with Gasteiger partial charge in [-0.1, -0.05) is 13.5 Å². The molecule has 1 N–H and O–H groups in total. The van der Waals surface area contributed by atoms with E-state index in [1.807, 2.05) is 6.92 Å². The molecule has 0 radical (unpaired) electrons.